The van der Waals surface area contributed by atoms with Gasteiger partial charge in [-0.05, 0) is 54.9 Å². The molecule has 0 saturated carbocycles. The number of aryl methyl sites for hydroxylation is 1. The van der Waals surface area contributed by atoms with Gasteiger partial charge in [-0.15, -0.1) is 10.2 Å². The van der Waals surface area contributed by atoms with Gasteiger partial charge in [0.2, 0.25) is 5.89 Å². The quantitative estimate of drug-likeness (QED) is 0.617. The first-order chi connectivity index (χ1) is 12.2. The molecule has 0 aliphatic heterocycles. The average molecular weight is 351 g/mol. The van der Waals surface area contributed by atoms with Crippen molar-refractivity contribution in [2.75, 3.05) is 7.11 Å². The van der Waals surface area contributed by atoms with E-state index in [9.17, 15) is 5.26 Å². The predicted octanol–water partition coefficient (Wildman–Crippen LogP) is 4.28. The van der Waals surface area contributed by atoms with Crippen molar-refractivity contribution < 1.29 is 9.15 Å². The van der Waals surface area contributed by atoms with E-state index >= 15 is 0 Å². The van der Waals surface area contributed by atoms with Crippen molar-refractivity contribution in [3.05, 3.63) is 59.7 Å². The van der Waals surface area contributed by atoms with Crippen LogP contribution in [0.15, 0.2) is 58.2 Å². The molecular weight excluding hydrogens is 334 g/mol. The topological polar surface area (TPSA) is 71.9 Å². The largest absolute Gasteiger partial charge is 0.497 e. The maximum atomic E-state index is 9.41. The number of hydrogen-bond acceptors (Lipinski definition) is 6. The number of nitriles is 1. The third kappa shape index (κ3) is 4.40. The molecule has 1 aromatic heterocycles. The van der Waals surface area contributed by atoms with Crippen molar-refractivity contribution >= 4 is 11.8 Å². The maximum absolute atomic E-state index is 9.41. The van der Waals surface area contributed by atoms with Gasteiger partial charge in [-0.3, -0.25) is 0 Å². The number of hydrogen-bond donors (Lipinski definition) is 0. The summed E-state index contributed by atoms with van der Waals surface area (Å²) in [6, 6.07) is 17.8. The molecule has 1 heterocycles. The highest BCUT2D eigenvalue weighted by Gasteiger charge is 2.16. The van der Waals surface area contributed by atoms with Crippen LogP contribution >= 0.6 is 11.8 Å². The summed E-state index contributed by atoms with van der Waals surface area (Å²) in [4.78, 5) is 0. The van der Waals surface area contributed by atoms with E-state index in [1.165, 1.54) is 17.3 Å². The van der Waals surface area contributed by atoms with Crippen LogP contribution < -0.4 is 4.74 Å². The Morgan fingerprint density at radius 1 is 1.12 bits per heavy atom. The summed E-state index contributed by atoms with van der Waals surface area (Å²) in [6.07, 6.45) is 0.627. The van der Waals surface area contributed by atoms with Crippen LogP contribution in [-0.4, -0.2) is 22.6 Å². The molecule has 0 saturated heterocycles. The van der Waals surface area contributed by atoms with Gasteiger partial charge in [0.15, 0.2) is 0 Å². The van der Waals surface area contributed by atoms with E-state index in [1.807, 2.05) is 55.5 Å². The Balaban J connectivity index is 1.68. The van der Waals surface area contributed by atoms with Crippen molar-refractivity contribution in [2.45, 2.75) is 23.8 Å². The van der Waals surface area contributed by atoms with Gasteiger partial charge in [-0.1, -0.05) is 29.8 Å². The highest BCUT2D eigenvalue weighted by molar-refractivity contribution is 7.99. The normalized spacial score (nSPS) is 11.7. The van der Waals surface area contributed by atoms with E-state index in [1.54, 1.807) is 7.11 Å². The van der Waals surface area contributed by atoms with E-state index in [4.69, 9.17) is 9.15 Å². The molecular formula is C19H17N3O2S. The first kappa shape index (κ1) is 17.1. The lowest BCUT2D eigenvalue weighted by Gasteiger charge is -2.06. The second-order valence-corrected chi connectivity index (χ2v) is 6.68. The van der Waals surface area contributed by atoms with Crippen LogP contribution in [0.3, 0.4) is 0 Å². The fraction of sp³-hybridized carbons (Fsp3) is 0.211. The fourth-order valence-electron chi connectivity index (χ4n) is 2.28. The molecule has 0 aliphatic carbocycles. The van der Waals surface area contributed by atoms with Gasteiger partial charge in [-0.25, -0.2) is 0 Å². The lowest BCUT2D eigenvalue weighted by molar-refractivity contribution is 0.414. The maximum Gasteiger partial charge on any atom is 0.278 e. The number of nitrogens with zero attached hydrogens (tertiary/aromatic N) is 3. The van der Waals surface area contributed by atoms with E-state index < -0.39 is 0 Å². The van der Waals surface area contributed by atoms with E-state index in [2.05, 4.69) is 16.3 Å². The Morgan fingerprint density at radius 3 is 2.48 bits per heavy atom. The first-order valence-corrected chi connectivity index (χ1v) is 8.65. The van der Waals surface area contributed by atoms with Crippen LogP contribution in [0.5, 0.6) is 5.75 Å². The summed E-state index contributed by atoms with van der Waals surface area (Å²) in [5.41, 5.74) is 3.12. The van der Waals surface area contributed by atoms with Crippen molar-refractivity contribution in [1.29, 1.82) is 5.26 Å². The number of aromatic nitrogens is 2. The van der Waals surface area contributed by atoms with Gasteiger partial charge in [-0.2, -0.15) is 5.26 Å². The molecule has 3 rings (SSSR count). The second-order valence-electron chi connectivity index (χ2n) is 5.53. The third-order valence-corrected chi connectivity index (χ3v) is 4.60. The molecule has 6 heteroatoms. The van der Waals surface area contributed by atoms with Gasteiger partial charge in [0.25, 0.3) is 5.22 Å². The predicted molar refractivity (Wildman–Crippen MR) is 96.4 cm³/mol. The summed E-state index contributed by atoms with van der Waals surface area (Å²) in [6.45, 7) is 2.04. The van der Waals surface area contributed by atoms with Crippen molar-refractivity contribution in [3.8, 4) is 23.3 Å². The molecule has 5 nitrogen and oxygen atoms in total. The molecule has 0 radical (unpaired) electrons. The SMILES string of the molecule is COc1ccc(-c2nnc(S[C@H](C#N)Cc3ccc(C)cc3)o2)cc1. The highest BCUT2D eigenvalue weighted by Crippen LogP contribution is 2.28. The van der Waals surface area contributed by atoms with E-state index in [0.717, 1.165) is 16.9 Å². The third-order valence-electron chi connectivity index (χ3n) is 3.67. The number of ether oxygens (including phenoxy) is 1. The Labute approximate surface area is 150 Å². The summed E-state index contributed by atoms with van der Waals surface area (Å²) in [5.74, 6) is 1.19. The van der Waals surface area contributed by atoms with E-state index in [-0.39, 0.29) is 5.25 Å². The summed E-state index contributed by atoms with van der Waals surface area (Å²) in [7, 11) is 1.62. The molecule has 126 valence electrons. The van der Waals surface area contributed by atoms with Crippen LogP contribution in [0, 0.1) is 18.3 Å². The molecule has 0 amide bonds. The second kappa shape index (κ2) is 7.86. The monoisotopic (exact) mass is 351 g/mol. The first-order valence-electron chi connectivity index (χ1n) is 7.77. The van der Waals surface area contributed by atoms with Gasteiger partial charge in [0.1, 0.15) is 11.0 Å². The molecule has 1 atom stereocenters. The number of rotatable bonds is 6. The van der Waals surface area contributed by atoms with Crippen molar-refractivity contribution in [2.24, 2.45) is 0 Å². The number of methoxy groups -OCH3 is 1. The summed E-state index contributed by atoms with van der Waals surface area (Å²) >= 11 is 1.28. The Kier molecular flexibility index (Phi) is 5.36. The lowest BCUT2D eigenvalue weighted by atomic mass is 10.1. The molecule has 0 spiro atoms. The molecule has 0 fully saturated rings. The van der Waals surface area contributed by atoms with Gasteiger partial charge < -0.3 is 9.15 Å². The minimum Gasteiger partial charge on any atom is -0.497 e. The molecule has 2 aromatic carbocycles. The minimum atomic E-state index is -0.285. The number of thioether (sulfide) groups is 1. The zero-order chi connectivity index (χ0) is 17.6. The Bertz CT molecular complexity index is 867. The smallest absolute Gasteiger partial charge is 0.278 e. The molecule has 0 aliphatic rings. The zero-order valence-corrected chi connectivity index (χ0v) is 14.8. The van der Waals surface area contributed by atoms with Crippen molar-refractivity contribution in [1.82, 2.24) is 10.2 Å². The minimum absolute atomic E-state index is 0.285. The Morgan fingerprint density at radius 2 is 1.84 bits per heavy atom. The van der Waals surface area contributed by atoms with Gasteiger partial charge in [0.05, 0.1) is 13.2 Å². The van der Waals surface area contributed by atoms with Gasteiger partial charge >= 0.3 is 0 Å². The zero-order valence-electron chi connectivity index (χ0n) is 14.0. The average Bonchev–Trinajstić information content (AvgIpc) is 3.11. The van der Waals surface area contributed by atoms with Crippen molar-refractivity contribution in [3.63, 3.8) is 0 Å². The van der Waals surface area contributed by atoms with Gasteiger partial charge in [0, 0.05) is 5.56 Å². The lowest BCUT2D eigenvalue weighted by Crippen LogP contribution is -2.03. The Hall–Kier alpha value is -2.78. The molecule has 0 bridgehead atoms. The highest BCUT2D eigenvalue weighted by atomic mass is 32.2. The van der Waals surface area contributed by atoms with E-state index in [0.29, 0.717) is 17.5 Å². The van der Waals surface area contributed by atoms with Crippen LogP contribution in [0.2, 0.25) is 0 Å². The van der Waals surface area contributed by atoms with Crippen LogP contribution in [-0.2, 0) is 6.42 Å². The molecule has 25 heavy (non-hydrogen) atoms. The molecule has 0 unspecified atom stereocenters. The van der Waals surface area contributed by atoms with Crippen LogP contribution in [0.25, 0.3) is 11.5 Å². The summed E-state index contributed by atoms with van der Waals surface area (Å²) < 4.78 is 10.8. The molecule has 0 N–H and O–H groups in total. The molecule has 3 aromatic rings. The number of benzene rings is 2. The summed E-state index contributed by atoms with van der Waals surface area (Å²) in [5, 5.41) is 17.6. The van der Waals surface area contributed by atoms with Crippen LogP contribution in [0.4, 0.5) is 0 Å². The van der Waals surface area contributed by atoms with Crippen LogP contribution in [0.1, 0.15) is 11.1 Å². The standard InChI is InChI=1S/C19H17N3O2S/c1-13-3-5-14(6-4-13)11-17(12-20)25-19-22-21-18(24-19)15-7-9-16(23-2)10-8-15/h3-10,17H,11H2,1-2H3/t17-/m0/s1. The fourth-order valence-corrected chi connectivity index (χ4v) is 3.07.